The first-order chi connectivity index (χ1) is 19.3. The maximum atomic E-state index is 13.7. The van der Waals surface area contributed by atoms with E-state index in [2.05, 4.69) is 37.0 Å². The average Bonchev–Trinajstić information content (AvgIpc) is 2.96. The fourth-order valence-electron chi connectivity index (χ4n) is 5.40. The number of aromatic nitrogens is 4. The second-order valence-corrected chi connectivity index (χ2v) is 11.1. The molecule has 1 aliphatic heterocycles. The predicted octanol–water partition coefficient (Wildman–Crippen LogP) is 5.25. The first kappa shape index (κ1) is 27.9. The predicted molar refractivity (Wildman–Crippen MR) is 162 cm³/mol. The number of carbonyl (C=O) groups is 1. The number of anilines is 2. The van der Waals surface area contributed by atoms with Gasteiger partial charge in [0, 0.05) is 50.3 Å². The number of halogens is 1. The molecule has 3 aromatic heterocycles. The molecule has 208 valence electrons. The zero-order valence-electron chi connectivity index (χ0n) is 22.9. The number of hydrogen-bond acceptors (Lipinski definition) is 8. The first-order valence-corrected chi connectivity index (χ1v) is 14.8. The van der Waals surface area contributed by atoms with Crippen molar-refractivity contribution in [3.05, 3.63) is 86.7 Å². The van der Waals surface area contributed by atoms with Crippen molar-refractivity contribution in [2.24, 2.45) is 7.05 Å². The van der Waals surface area contributed by atoms with Crippen LogP contribution in [0.2, 0.25) is 5.15 Å². The number of hydrogen-bond donors (Lipinski definition) is 2. The largest absolute Gasteiger partial charge is 0.377 e. The van der Waals surface area contributed by atoms with Gasteiger partial charge in [0.15, 0.2) is 5.69 Å². The van der Waals surface area contributed by atoms with Gasteiger partial charge in [-0.05, 0) is 68.1 Å². The smallest absolute Gasteiger partial charge is 0.281 e. The van der Waals surface area contributed by atoms with Crippen LogP contribution in [0.5, 0.6) is 0 Å². The summed E-state index contributed by atoms with van der Waals surface area (Å²) in [6, 6.07) is 11.2. The third-order valence-corrected chi connectivity index (χ3v) is 7.92. The quantitative estimate of drug-likeness (QED) is 0.227. The summed E-state index contributed by atoms with van der Waals surface area (Å²) in [5.74, 6) is 0.648. The van der Waals surface area contributed by atoms with Crippen LogP contribution in [0.1, 0.15) is 58.9 Å². The molecule has 1 fully saturated rings. The third kappa shape index (κ3) is 5.64. The van der Waals surface area contributed by atoms with Crippen LogP contribution in [0.15, 0.2) is 53.6 Å². The monoisotopic (exact) mass is 577 g/mol. The Morgan fingerprint density at radius 1 is 1.18 bits per heavy atom. The minimum atomic E-state index is -0.345. The fraction of sp³-hybridized carbons (Fsp3) is 0.345. The molecule has 1 saturated heterocycles. The zero-order valence-corrected chi connectivity index (χ0v) is 24.5. The van der Waals surface area contributed by atoms with Crippen LogP contribution in [-0.4, -0.2) is 44.8 Å². The number of nitrogens with one attached hydrogen (secondary N) is 2. The molecule has 1 aromatic carbocycles. The van der Waals surface area contributed by atoms with Crippen LogP contribution in [0.25, 0.3) is 10.9 Å². The Hall–Kier alpha value is -3.63. The molecule has 0 radical (unpaired) electrons. The minimum absolute atomic E-state index is 0.0867. The summed E-state index contributed by atoms with van der Waals surface area (Å²) in [5.41, 5.74) is 4.36. The Balaban J connectivity index is 1.54. The molecule has 0 bridgehead atoms. The van der Waals surface area contributed by atoms with Crippen molar-refractivity contribution in [3.8, 4) is 0 Å². The number of aryl methyl sites for hydroxylation is 1. The molecule has 2 unspecified atom stereocenters. The lowest BCUT2D eigenvalue weighted by Crippen LogP contribution is -2.38. The van der Waals surface area contributed by atoms with E-state index in [1.165, 1.54) is 17.5 Å². The summed E-state index contributed by atoms with van der Waals surface area (Å²) < 4.78 is 4.36. The highest BCUT2D eigenvalue weighted by Crippen LogP contribution is 2.32. The average molecular weight is 578 g/mol. The Morgan fingerprint density at radius 3 is 2.70 bits per heavy atom. The van der Waals surface area contributed by atoms with Gasteiger partial charge in [0.2, 0.25) is 5.95 Å². The molecular formula is C29H32ClN7O2S. The van der Waals surface area contributed by atoms with E-state index >= 15 is 0 Å². The lowest BCUT2D eigenvalue weighted by atomic mass is 9.91. The van der Waals surface area contributed by atoms with Gasteiger partial charge in [-0.15, -0.1) is 0 Å². The summed E-state index contributed by atoms with van der Waals surface area (Å²) in [5, 5.41) is 4.21. The Morgan fingerprint density at radius 2 is 1.95 bits per heavy atom. The molecule has 1 aliphatic rings. The number of pyridine rings is 2. The van der Waals surface area contributed by atoms with Gasteiger partial charge in [0.1, 0.15) is 5.15 Å². The van der Waals surface area contributed by atoms with Crippen LogP contribution in [0.3, 0.4) is 0 Å². The van der Waals surface area contributed by atoms with Crippen molar-refractivity contribution in [1.82, 2.24) is 24.2 Å². The molecule has 5 rings (SSSR count). The van der Waals surface area contributed by atoms with Gasteiger partial charge in [-0.1, -0.05) is 29.6 Å². The molecule has 11 heteroatoms. The SMILES string of the molecule is CSNC(=O)c1nc(Cl)ccc1NC(C)c1cc(C)cc2c(=O)n(C)c(N3CCCC(c4ccncc4)C3)nc12. The number of carbonyl (C=O) groups excluding carboxylic acids is 1. The summed E-state index contributed by atoms with van der Waals surface area (Å²) in [4.78, 5) is 42.1. The highest BCUT2D eigenvalue weighted by atomic mass is 35.5. The number of amides is 1. The molecular weight excluding hydrogens is 546 g/mol. The molecule has 0 saturated carbocycles. The topological polar surface area (TPSA) is 105 Å². The van der Waals surface area contributed by atoms with Gasteiger partial charge >= 0.3 is 0 Å². The van der Waals surface area contributed by atoms with Gasteiger partial charge < -0.3 is 10.2 Å². The van der Waals surface area contributed by atoms with Gasteiger partial charge in [-0.3, -0.25) is 23.9 Å². The van der Waals surface area contributed by atoms with E-state index in [0.29, 0.717) is 28.5 Å². The van der Waals surface area contributed by atoms with Crippen LogP contribution < -0.4 is 20.5 Å². The van der Waals surface area contributed by atoms with Crippen LogP contribution in [0, 0.1) is 6.92 Å². The number of nitrogens with zero attached hydrogens (tertiary/aromatic N) is 5. The molecule has 2 atom stereocenters. The number of benzene rings is 1. The molecule has 2 N–H and O–H groups in total. The van der Waals surface area contributed by atoms with E-state index < -0.39 is 0 Å². The van der Waals surface area contributed by atoms with E-state index in [0.717, 1.165) is 37.1 Å². The van der Waals surface area contributed by atoms with Crippen LogP contribution >= 0.6 is 23.5 Å². The zero-order chi connectivity index (χ0) is 28.4. The molecule has 40 heavy (non-hydrogen) atoms. The van der Waals surface area contributed by atoms with E-state index in [1.54, 1.807) is 30.0 Å². The molecule has 4 aromatic rings. The molecule has 0 aliphatic carbocycles. The third-order valence-electron chi connectivity index (χ3n) is 7.32. The summed E-state index contributed by atoms with van der Waals surface area (Å²) in [6.45, 7) is 5.55. The van der Waals surface area contributed by atoms with Gasteiger partial charge in [-0.2, -0.15) is 0 Å². The number of piperidine rings is 1. The summed E-state index contributed by atoms with van der Waals surface area (Å²) in [7, 11) is 1.79. The Bertz CT molecular complexity index is 1610. The maximum absolute atomic E-state index is 13.7. The Labute approximate surface area is 242 Å². The van der Waals surface area contributed by atoms with E-state index in [4.69, 9.17) is 16.6 Å². The second kappa shape index (κ2) is 11.9. The second-order valence-electron chi connectivity index (χ2n) is 10.1. The van der Waals surface area contributed by atoms with E-state index in [-0.39, 0.29) is 28.4 Å². The summed E-state index contributed by atoms with van der Waals surface area (Å²) in [6.07, 6.45) is 7.50. The molecule has 4 heterocycles. The molecule has 1 amide bonds. The maximum Gasteiger partial charge on any atom is 0.281 e. The normalized spacial score (nSPS) is 16.1. The summed E-state index contributed by atoms with van der Waals surface area (Å²) >= 11 is 7.30. The number of fused-ring (bicyclic) bond motifs is 1. The molecule has 9 nitrogen and oxygen atoms in total. The van der Waals surface area contributed by atoms with E-state index in [1.807, 2.05) is 38.4 Å². The van der Waals surface area contributed by atoms with Crippen molar-refractivity contribution in [2.45, 2.75) is 38.6 Å². The van der Waals surface area contributed by atoms with Gasteiger partial charge in [-0.25, -0.2) is 9.97 Å². The highest BCUT2D eigenvalue weighted by molar-refractivity contribution is 7.97. The van der Waals surface area contributed by atoms with Crippen molar-refractivity contribution in [1.29, 1.82) is 0 Å². The van der Waals surface area contributed by atoms with Crippen molar-refractivity contribution >= 4 is 52.0 Å². The highest BCUT2D eigenvalue weighted by Gasteiger charge is 2.26. The van der Waals surface area contributed by atoms with Gasteiger partial charge in [0.25, 0.3) is 11.5 Å². The fourth-order valence-corrected chi connectivity index (χ4v) is 5.83. The first-order valence-electron chi connectivity index (χ1n) is 13.2. The van der Waals surface area contributed by atoms with E-state index in [9.17, 15) is 9.59 Å². The van der Waals surface area contributed by atoms with Crippen molar-refractivity contribution in [2.75, 3.05) is 29.6 Å². The van der Waals surface area contributed by atoms with Crippen LogP contribution in [-0.2, 0) is 7.05 Å². The van der Waals surface area contributed by atoms with Crippen molar-refractivity contribution in [3.63, 3.8) is 0 Å². The van der Waals surface area contributed by atoms with Crippen LogP contribution in [0.4, 0.5) is 11.6 Å². The lowest BCUT2D eigenvalue weighted by Gasteiger charge is -2.34. The Kier molecular flexibility index (Phi) is 8.27. The minimum Gasteiger partial charge on any atom is -0.377 e. The lowest BCUT2D eigenvalue weighted by molar-refractivity contribution is 0.0980. The van der Waals surface area contributed by atoms with Crippen molar-refractivity contribution < 1.29 is 4.79 Å². The number of rotatable bonds is 7. The van der Waals surface area contributed by atoms with Gasteiger partial charge in [0.05, 0.1) is 22.6 Å². The standard InChI is InChI=1S/C29H32ClN7O2S/c1-17-14-21(18(2)32-23-7-8-24(30)33-26(23)27(38)35-40-4)25-22(15-17)28(39)36(3)29(34-25)37-13-5-6-20(16-37)19-9-11-31-12-10-19/h7-12,14-15,18,20,32H,5-6,13,16H2,1-4H3,(H,35,38). The molecule has 0 spiro atoms.